The molecule has 1 aromatic heterocycles. The SMILES string of the molecule is CC(Nc1ccc(F)cc1)c1ccncc1. The van der Waals surface area contributed by atoms with Crippen LogP contribution in [0.1, 0.15) is 18.5 Å². The molecule has 16 heavy (non-hydrogen) atoms. The van der Waals surface area contributed by atoms with Gasteiger partial charge in [0.25, 0.3) is 0 Å². The number of rotatable bonds is 3. The van der Waals surface area contributed by atoms with Crippen LogP contribution in [0, 0.1) is 5.82 Å². The van der Waals surface area contributed by atoms with E-state index in [0.29, 0.717) is 0 Å². The molecule has 2 rings (SSSR count). The zero-order valence-corrected chi connectivity index (χ0v) is 9.02. The molecule has 1 N–H and O–H groups in total. The molecular formula is C13H13FN2. The van der Waals surface area contributed by atoms with E-state index >= 15 is 0 Å². The van der Waals surface area contributed by atoms with Gasteiger partial charge in [0.1, 0.15) is 5.82 Å². The molecule has 0 saturated carbocycles. The van der Waals surface area contributed by atoms with Gasteiger partial charge in [0, 0.05) is 24.1 Å². The molecule has 0 radical (unpaired) electrons. The van der Waals surface area contributed by atoms with Gasteiger partial charge in [0.15, 0.2) is 0 Å². The monoisotopic (exact) mass is 216 g/mol. The Kier molecular flexibility index (Phi) is 3.15. The van der Waals surface area contributed by atoms with E-state index in [1.807, 2.05) is 12.1 Å². The van der Waals surface area contributed by atoms with E-state index in [1.54, 1.807) is 24.5 Å². The summed E-state index contributed by atoms with van der Waals surface area (Å²) in [5.74, 6) is -0.220. The number of hydrogen-bond donors (Lipinski definition) is 1. The molecule has 3 heteroatoms. The van der Waals surface area contributed by atoms with E-state index < -0.39 is 0 Å². The molecule has 1 atom stereocenters. The van der Waals surface area contributed by atoms with E-state index in [2.05, 4.69) is 17.2 Å². The van der Waals surface area contributed by atoms with Gasteiger partial charge >= 0.3 is 0 Å². The van der Waals surface area contributed by atoms with E-state index in [4.69, 9.17) is 0 Å². The summed E-state index contributed by atoms with van der Waals surface area (Å²) >= 11 is 0. The summed E-state index contributed by atoms with van der Waals surface area (Å²) in [6.07, 6.45) is 3.52. The van der Waals surface area contributed by atoms with Crippen molar-refractivity contribution in [3.8, 4) is 0 Å². The van der Waals surface area contributed by atoms with Crippen LogP contribution in [0.4, 0.5) is 10.1 Å². The highest BCUT2D eigenvalue weighted by atomic mass is 19.1. The second kappa shape index (κ2) is 4.75. The number of halogens is 1. The molecule has 82 valence electrons. The molecule has 0 saturated heterocycles. The van der Waals surface area contributed by atoms with Crippen LogP contribution in [-0.4, -0.2) is 4.98 Å². The molecule has 1 unspecified atom stereocenters. The minimum absolute atomic E-state index is 0.175. The molecule has 0 fully saturated rings. The molecule has 0 bridgehead atoms. The maximum absolute atomic E-state index is 12.7. The normalized spacial score (nSPS) is 12.1. The van der Waals surface area contributed by atoms with Crippen molar-refractivity contribution in [3.05, 3.63) is 60.2 Å². The maximum atomic E-state index is 12.7. The summed E-state index contributed by atoms with van der Waals surface area (Å²) in [4.78, 5) is 3.97. The van der Waals surface area contributed by atoms with Gasteiger partial charge in [-0.2, -0.15) is 0 Å². The zero-order chi connectivity index (χ0) is 11.4. The molecule has 1 heterocycles. The van der Waals surface area contributed by atoms with Gasteiger partial charge in [-0.3, -0.25) is 4.98 Å². The van der Waals surface area contributed by atoms with Gasteiger partial charge in [-0.1, -0.05) is 0 Å². The van der Waals surface area contributed by atoms with Crippen LogP contribution in [0.5, 0.6) is 0 Å². The number of nitrogens with zero attached hydrogens (tertiary/aromatic N) is 1. The predicted octanol–water partition coefficient (Wildman–Crippen LogP) is 3.39. The van der Waals surface area contributed by atoms with Crippen molar-refractivity contribution in [2.24, 2.45) is 0 Å². The molecule has 0 aliphatic rings. The average Bonchev–Trinajstić information content (AvgIpc) is 2.33. The van der Waals surface area contributed by atoms with E-state index in [1.165, 1.54) is 12.1 Å². The summed E-state index contributed by atoms with van der Waals surface area (Å²) in [6.45, 7) is 2.05. The Morgan fingerprint density at radius 2 is 1.69 bits per heavy atom. The van der Waals surface area contributed by atoms with Crippen molar-refractivity contribution in [2.45, 2.75) is 13.0 Å². The highest BCUT2D eigenvalue weighted by Crippen LogP contribution is 2.18. The first kappa shape index (κ1) is 10.6. The van der Waals surface area contributed by atoms with Crippen LogP contribution >= 0.6 is 0 Å². The van der Waals surface area contributed by atoms with Crippen molar-refractivity contribution in [2.75, 3.05) is 5.32 Å². The predicted molar refractivity (Wildman–Crippen MR) is 62.7 cm³/mol. The van der Waals surface area contributed by atoms with Gasteiger partial charge < -0.3 is 5.32 Å². The van der Waals surface area contributed by atoms with Gasteiger partial charge in [-0.25, -0.2) is 4.39 Å². The Labute approximate surface area is 94.2 Å². The number of pyridine rings is 1. The Hall–Kier alpha value is -1.90. The number of aromatic nitrogens is 1. The van der Waals surface area contributed by atoms with Crippen LogP contribution in [0.2, 0.25) is 0 Å². The Morgan fingerprint density at radius 1 is 1.06 bits per heavy atom. The van der Waals surface area contributed by atoms with E-state index in [9.17, 15) is 4.39 Å². The fraction of sp³-hybridized carbons (Fsp3) is 0.154. The third kappa shape index (κ3) is 2.57. The first-order valence-electron chi connectivity index (χ1n) is 5.18. The van der Waals surface area contributed by atoms with Gasteiger partial charge in [-0.15, -0.1) is 0 Å². The number of anilines is 1. The first-order chi connectivity index (χ1) is 7.75. The quantitative estimate of drug-likeness (QED) is 0.850. The van der Waals surface area contributed by atoms with Crippen LogP contribution < -0.4 is 5.32 Å². The van der Waals surface area contributed by atoms with Crippen molar-refractivity contribution < 1.29 is 4.39 Å². The molecule has 0 aliphatic heterocycles. The molecule has 0 spiro atoms. The van der Waals surface area contributed by atoms with Crippen LogP contribution in [0.25, 0.3) is 0 Å². The van der Waals surface area contributed by atoms with Gasteiger partial charge in [0.2, 0.25) is 0 Å². The fourth-order valence-electron chi connectivity index (χ4n) is 1.53. The second-order valence-electron chi connectivity index (χ2n) is 3.65. The minimum atomic E-state index is -0.220. The van der Waals surface area contributed by atoms with Crippen LogP contribution in [0.3, 0.4) is 0 Å². The Bertz CT molecular complexity index is 439. The average molecular weight is 216 g/mol. The number of hydrogen-bond acceptors (Lipinski definition) is 2. The summed E-state index contributed by atoms with van der Waals surface area (Å²) in [5, 5.41) is 3.29. The standard InChI is InChI=1S/C13H13FN2/c1-10(11-6-8-15-9-7-11)16-13-4-2-12(14)3-5-13/h2-10,16H,1H3. The summed E-state index contributed by atoms with van der Waals surface area (Å²) < 4.78 is 12.7. The highest BCUT2D eigenvalue weighted by molar-refractivity contribution is 5.45. The van der Waals surface area contributed by atoms with Crippen molar-refractivity contribution in [1.82, 2.24) is 4.98 Å². The van der Waals surface area contributed by atoms with Crippen molar-refractivity contribution >= 4 is 5.69 Å². The molecule has 0 amide bonds. The number of nitrogens with one attached hydrogen (secondary N) is 1. The summed E-state index contributed by atoms with van der Waals surface area (Å²) in [5.41, 5.74) is 2.06. The van der Waals surface area contributed by atoms with Gasteiger partial charge in [0.05, 0.1) is 0 Å². The lowest BCUT2D eigenvalue weighted by Crippen LogP contribution is -2.06. The highest BCUT2D eigenvalue weighted by Gasteiger charge is 2.04. The maximum Gasteiger partial charge on any atom is 0.123 e. The van der Waals surface area contributed by atoms with E-state index in [0.717, 1.165) is 11.3 Å². The fourth-order valence-corrected chi connectivity index (χ4v) is 1.53. The molecule has 2 nitrogen and oxygen atoms in total. The lowest BCUT2D eigenvalue weighted by Gasteiger charge is -2.15. The number of benzene rings is 1. The van der Waals surface area contributed by atoms with Crippen molar-refractivity contribution in [3.63, 3.8) is 0 Å². The molecule has 2 aromatic rings. The van der Waals surface area contributed by atoms with E-state index in [-0.39, 0.29) is 11.9 Å². The van der Waals surface area contributed by atoms with Crippen LogP contribution in [0.15, 0.2) is 48.8 Å². The molecule has 0 aliphatic carbocycles. The summed E-state index contributed by atoms with van der Waals surface area (Å²) in [7, 11) is 0. The first-order valence-corrected chi connectivity index (χ1v) is 5.18. The lowest BCUT2D eigenvalue weighted by molar-refractivity contribution is 0.628. The smallest absolute Gasteiger partial charge is 0.123 e. The largest absolute Gasteiger partial charge is 0.379 e. The lowest BCUT2D eigenvalue weighted by atomic mass is 10.1. The van der Waals surface area contributed by atoms with Crippen molar-refractivity contribution in [1.29, 1.82) is 0 Å². The summed E-state index contributed by atoms with van der Waals surface area (Å²) in [6, 6.07) is 10.4. The molecular weight excluding hydrogens is 203 g/mol. The third-order valence-electron chi connectivity index (χ3n) is 2.43. The molecule has 1 aromatic carbocycles. The van der Waals surface area contributed by atoms with Gasteiger partial charge in [-0.05, 0) is 48.9 Å². The Balaban J connectivity index is 2.08. The zero-order valence-electron chi connectivity index (χ0n) is 9.02. The minimum Gasteiger partial charge on any atom is -0.379 e. The Morgan fingerprint density at radius 3 is 2.31 bits per heavy atom. The van der Waals surface area contributed by atoms with Crippen LogP contribution in [-0.2, 0) is 0 Å². The second-order valence-corrected chi connectivity index (χ2v) is 3.65. The topological polar surface area (TPSA) is 24.9 Å². The third-order valence-corrected chi connectivity index (χ3v) is 2.43.